The number of nitrogens with zero attached hydrogens (tertiary/aromatic N) is 1. The van der Waals surface area contributed by atoms with Crippen LogP contribution in [-0.2, 0) is 16.6 Å². The minimum Gasteiger partial charge on any atom is -0.283 e. The highest BCUT2D eigenvalue weighted by Crippen LogP contribution is 2.19. The molecule has 1 heterocycles. The average Bonchev–Trinajstić information content (AvgIpc) is 2.79. The zero-order valence-electron chi connectivity index (χ0n) is 10.2. The second kappa shape index (κ2) is 5.25. The number of benzene rings is 1. The van der Waals surface area contributed by atoms with E-state index >= 15 is 0 Å². The van der Waals surface area contributed by atoms with Crippen molar-refractivity contribution < 1.29 is 21.6 Å². The minimum atomic E-state index is -4.30. The van der Waals surface area contributed by atoms with Crippen molar-refractivity contribution in [1.82, 2.24) is 14.9 Å². The average molecular weight is 305 g/mol. The summed E-state index contributed by atoms with van der Waals surface area (Å²) in [5.74, 6) is -5.03. The lowest BCUT2D eigenvalue weighted by molar-refractivity contribution is 0.431. The van der Waals surface area contributed by atoms with Crippen LogP contribution in [0.1, 0.15) is 11.3 Å². The number of H-pyrrole nitrogens is 1. The number of aromatic nitrogens is 2. The summed E-state index contributed by atoms with van der Waals surface area (Å²) in [7, 11) is -4.30. The third kappa shape index (κ3) is 2.68. The first-order valence-electron chi connectivity index (χ1n) is 5.45. The fourth-order valence-corrected chi connectivity index (χ4v) is 2.59. The molecule has 0 saturated carbocycles. The predicted octanol–water partition coefficient (Wildman–Crippen LogP) is 1.61. The molecule has 0 aliphatic heterocycles. The molecule has 1 aromatic carbocycles. The third-order valence-electron chi connectivity index (χ3n) is 2.68. The van der Waals surface area contributed by atoms with Gasteiger partial charge in [-0.15, -0.1) is 0 Å². The van der Waals surface area contributed by atoms with Crippen molar-refractivity contribution >= 4 is 10.0 Å². The first kappa shape index (κ1) is 14.5. The molecule has 0 aliphatic carbocycles. The van der Waals surface area contributed by atoms with Gasteiger partial charge in [0.05, 0.1) is 6.20 Å². The summed E-state index contributed by atoms with van der Waals surface area (Å²) in [5.41, 5.74) is 1.19. The molecule has 1 aromatic heterocycles. The Bertz CT molecular complexity index is 743. The first-order chi connectivity index (χ1) is 9.33. The second-order valence-electron chi connectivity index (χ2n) is 4.02. The molecule has 0 amide bonds. The van der Waals surface area contributed by atoms with E-state index in [0.717, 1.165) is 0 Å². The standard InChI is InChI=1S/C11H10F3N3O2S/c1-6-7(4-15-17-6)5-16-20(18,19)9-3-2-8(12)10(13)11(9)14/h2-4,16H,5H2,1H3,(H,15,17). The normalized spacial score (nSPS) is 11.8. The van der Waals surface area contributed by atoms with Gasteiger partial charge in [-0.2, -0.15) is 5.10 Å². The molecule has 0 fully saturated rings. The Hall–Kier alpha value is -1.87. The summed E-state index contributed by atoms with van der Waals surface area (Å²) < 4.78 is 65.1. The fourth-order valence-electron chi connectivity index (χ4n) is 1.52. The van der Waals surface area contributed by atoms with Gasteiger partial charge in [-0.1, -0.05) is 0 Å². The summed E-state index contributed by atoms with van der Waals surface area (Å²) >= 11 is 0. The lowest BCUT2D eigenvalue weighted by Crippen LogP contribution is -2.24. The van der Waals surface area contributed by atoms with Crippen LogP contribution in [0.3, 0.4) is 0 Å². The van der Waals surface area contributed by atoms with Gasteiger partial charge in [0.15, 0.2) is 17.5 Å². The lowest BCUT2D eigenvalue weighted by atomic mass is 10.3. The maximum atomic E-state index is 13.5. The number of halogens is 3. The van der Waals surface area contributed by atoms with Crippen molar-refractivity contribution in [1.29, 1.82) is 0 Å². The minimum absolute atomic E-state index is 0.150. The number of hydrogen-bond acceptors (Lipinski definition) is 3. The fraction of sp³-hybridized carbons (Fsp3) is 0.182. The molecule has 2 N–H and O–H groups in total. The predicted molar refractivity (Wildman–Crippen MR) is 63.7 cm³/mol. The number of sulfonamides is 1. The molecular weight excluding hydrogens is 295 g/mol. The van der Waals surface area contributed by atoms with Crippen molar-refractivity contribution in [3.8, 4) is 0 Å². The van der Waals surface area contributed by atoms with Gasteiger partial charge in [0.25, 0.3) is 0 Å². The summed E-state index contributed by atoms with van der Waals surface area (Å²) in [4.78, 5) is -0.947. The Balaban J connectivity index is 2.27. The Morgan fingerprint density at radius 2 is 1.95 bits per heavy atom. The Morgan fingerprint density at radius 3 is 2.55 bits per heavy atom. The van der Waals surface area contributed by atoms with Crippen LogP contribution in [0.5, 0.6) is 0 Å². The van der Waals surface area contributed by atoms with Crippen LogP contribution in [0.4, 0.5) is 13.2 Å². The van der Waals surface area contributed by atoms with Gasteiger partial charge in [0.2, 0.25) is 10.0 Å². The Morgan fingerprint density at radius 1 is 1.25 bits per heavy atom. The number of aryl methyl sites for hydroxylation is 1. The monoisotopic (exact) mass is 305 g/mol. The van der Waals surface area contributed by atoms with Gasteiger partial charge in [0, 0.05) is 17.8 Å². The van der Waals surface area contributed by atoms with Crippen LogP contribution < -0.4 is 4.72 Å². The van der Waals surface area contributed by atoms with Crippen molar-refractivity contribution in [2.24, 2.45) is 0 Å². The largest absolute Gasteiger partial charge is 0.283 e. The lowest BCUT2D eigenvalue weighted by Gasteiger charge is -2.08. The maximum absolute atomic E-state index is 13.5. The van der Waals surface area contributed by atoms with E-state index in [1.54, 1.807) is 6.92 Å². The van der Waals surface area contributed by atoms with Gasteiger partial charge in [-0.25, -0.2) is 26.3 Å². The topological polar surface area (TPSA) is 74.8 Å². The van der Waals surface area contributed by atoms with Gasteiger partial charge in [-0.3, -0.25) is 5.10 Å². The zero-order chi connectivity index (χ0) is 14.9. The first-order valence-corrected chi connectivity index (χ1v) is 6.93. The quantitative estimate of drug-likeness (QED) is 0.843. The second-order valence-corrected chi connectivity index (χ2v) is 5.75. The zero-order valence-corrected chi connectivity index (χ0v) is 11.1. The van der Waals surface area contributed by atoms with Crippen molar-refractivity contribution in [2.45, 2.75) is 18.4 Å². The molecule has 2 rings (SSSR count). The van der Waals surface area contributed by atoms with E-state index in [-0.39, 0.29) is 6.54 Å². The highest BCUT2D eigenvalue weighted by atomic mass is 32.2. The maximum Gasteiger partial charge on any atom is 0.243 e. The van der Waals surface area contributed by atoms with Crippen LogP contribution >= 0.6 is 0 Å². The van der Waals surface area contributed by atoms with Gasteiger partial charge >= 0.3 is 0 Å². The van der Waals surface area contributed by atoms with Crippen molar-refractivity contribution in [2.75, 3.05) is 0 Å². The van der Waals surface area contributed by atoms with Crippen LogP contribution in [-0.4, -0.2) is 18.6 Å². The Kier molecular flexibility index (Phi) is 3.82. The van der Waals surface area contributed by atoms with Crippen LogP contribution in [0.15, 0.2) is 23.2 Å². The molecule has 0 aliphatic rings. The SMILES string of the molecule is Cc1[nH]ncc1CNS(=O)(=O)c1ccc(F)c(F)c1F. The van der Waals surface area contributed by atoms with E-state index in [9.17, 15) is 21.6 Å². The smallest absolute Gasteiger partial charge is 0.243 e. The molecule has 0 radical (unpaired) electrons. The molecule has 0 unspecified atom stereocenters. The van der Waals surface area contributed by atoms with Crippen LogP contribution in [0.2, 0.25) is 0 Å². The molecule has 2 aromatic rings. The van der Waals surface area contributed by atoms with Gasteiger partial charge < -0.3 is 0 Å². The number of rotatable bonds is 4. The number of nitrogens with one attached hydrogen (secondary N) is 2. The van der Waals surface area contributed by atoms with E-state index < -0.39 is 32.4 Å². The molecule has 20 heavy (non-hydrogen) atoms. The molecular formula is C11H10F3N3O2S. The summed E-state index contributed by atoms with van der Waals surface area (Å²) in [6.07, 6.45) is 1.40. The van der Waals surface area contributed by atoms with Crippen LogP contribution in [0, 0.1) is 24.4 Å². The molecule has 0 saturated heterocycles. The van der Waals surface area contributed by atoms with Crippen LogP contribution in [0.25, 0.3) is 0 Å². The molecule has 0 atom stereocenters. The van der Waals surface area contributed by atoms with E-state index in [1.165, 1.54) is 6.20 Å². The van der Waals surface area contributed by atoms with E-state index in [1.807, 2.05) is 0 Å². The van der Waals surface area contributed by atoms with Gasteiger partial charge in [0.1, 0.15) is 4.90 Å². The number of hydrogen-bond donors (Lipinski definition) is 2. The van der Waals surface area contributed by atoms with Crippen molar-refractivity contribution in [3.63, 3.8) is 0 Å². The molecule has 5 nitrogen and oxygen atoms in total. The highest BCUT2D eigenvalue weighted by molar-refractivity contribution is 7.89. The van der Waals surface area contributed by atoms with E-state index in [0.29, 0.717) is 23.4 Å². The third-order valence-corrected chi connectivity index (χ3v) is 4.09. The van der Waals surface area contributed by atoms with Gasteiger partial charge in [-0.05, 0) is 19.1 Å². The highest BCUT2D eigenvalue weighted by Gasteiger charge is 2.23. The summed E-state index contributed by atoms with van der Waals surface area (Å²) in [6.45, 7) is 1.53. The number of aromatic amines is 1. The van der Waals surface area contributed by atoms with E-state index in [4.69, 9.17) is 0 Å². The van der Waals surface area contributed by atoms with E-state index in [2.05, 4.69) is 14.9 Å². The molecule has 0 spiro atoms. The summed E-state index contributed by atoms with van der Waals surface area (Å²) in [6, 6.07) is 1.22. The molecule has 108 valence electrons. The molecule has 9 heteroatoms. The Labute approximate surface area is 112 Å². The van der Waals surface area contributed by atoms with Crippen molar-refractivity contribution in [3.05, 3.63) is 47.0 Å². The molecule has 0 bridgehead atoms. The summed E-state index contributed by atoms with van der Waals surface area (Å²) in [5, 5.41) is 6.30.